The Bertz CT molecular complexity index is 324. The van der Waals surface area contributed by atoms with E-state index < -0.39 is 0 Å². The van der Waals surface area contributed by atoms with E-state index in [1.165, 1.54) is 44.0 Å². The Labute approximate surface area is 94.5 Å². The molecule has 0 atom stereocenters. The summed E-state index contributed by atoms with van der Waals surface area (Å²) in [5, 5.41) is 0. The maximum Gasteiger partial charge on any atom is 0.139 e. The summed E-state index contributed by atoms with van der Waals surface area (Å²) in [7, 11) is 2.28. The van der Waals surface area contributed by atoms with E-state index in [9.17, 15) is 0 Å². The lowest BCUT2D eigenvalue weighted by Crippen LogP contribution is -2.19. The van der Waals surface area contributed by atoms with Crippen molar-refractivity contribution >= 4 is 13.3 Å². The average Bonchev–Trinajstić information content (AvgIpc) is 2.29. The monoisotopic (exact) mass is 200 g/mol. The first-order chi connectivity index (χ1) is 7.33. The Morgan fingerprint density at radius 1 is 1.20 bits per heavy atom. The largest absolute Gasteiger partial charge is 0.139 e. The zero-order valence-electron chi connectivity index (χ0n) is 10.1. The molecule has 2 rings (SSSR count). The van der Waals surface area contributed by atoms with Crippen molar-refractivity contribution in [1.82, 2.24) is 0 Å². The van der Waals surface area contributed by atoms with Gasteiger partial charge in [-0.3, -0.25) is 0 Å². The number of aryl methyl sites for hydroxylation is 1. The second kappa shape index (κ2) is 4.87. The van der Waals surface area contributed by atoms with Crippen molar-refractivity contribution in [3.8, 4) is 0 Å². The second-order valence-corrected chi connectivity index (χ2v) is 4.84. The molecule has 0 radical (unpaired) electrons. The zero-order valence-corrected chi connectivity index (χ0v) is 10.1. The summed E-state index contributed by atoms with van der Waals surface area (Å²) >= 11 is 0. The van der Waals surface area contributed by atoms with E-state index in [0.29, 0.717) is 0 Å². The second-order valence-electron chi connectivity index (χ2n) is 4.84. The molecule has 1 heteroatoms. The normalized spacial score (nSPS) is 17.9. The average molecular weight is 200 g/mol. The molecular weight excluding hydrogens is 179 g/mol. The van der Waals surface area contributed by atoms with Gasteiger partial charge in [-0.2, -0.15) is 0 Å². The molecule has 0 aromatic heterocycles. The van der Waals surface area contributed by atoms with Gasteiger partial charge in [-0.15, -0.1) is 0 Å². The SMILES string of the molecule is Bc1cccc(CC)c1C1CCCCC1. The Morgan fingerprint density at radius 2 is 1.93 bits per heavy atom. The van der Waals surface area contributed by atoms with Gasteiger partial charge in [0.1, 0.15) is 7.85 Å². The van der Waals surface area contributed by atoms with Crippen molar-refractivity contribution in [1.29, 1.82) is 0 Å². The van der Waals surface area contributed by atoms with Gasteiger partial charge < -0.3 is 0 Å². The molecule has 0 unspecified atom stereocenters. The Balaban J connectivity index is 2.31. The minimum Gasteiger partial charge on any atom is -0.0853 e. The quantitative estimate of drug-likeness (QED) is 0.643. The van der Waals surface area contributed by atoms with E-state index in [4.69, 9.17) is 0 Å². The molecule has 80 valence electrons. The van der Waals surface area contributed by atoms with Crippen molar-refractivity contribution in [2.45, 2.75) is 51.4 Å². The van der Waals surface area contributed by atoms with Gasteiger partial charge in [0.25, 0.3) is 0 Å². The minimum absolute atomic E-state index is 0.856. The van der Waals surface area contributed by atoms with Gasteiger partial charge in [0.05, 0.1) is 0 Å². The predicted molar refractivity (Wildman–Crippen MR) is 69.8 cm³/mol. The highest BCUT2D eigenvalue weighted by molar-refractivity contribution is 6.33. The van der Waals surface area contributed by atoms with Gasteiger partial charge >= 0.3 is 0 Å². The molecule has 1 aromatic rings. The Kier molecular flexibility index (Phi) is 3.51. The molecule has 1 aliphatic carbocycles. The molecule has 1 saturated carbocycles. The van der Waals surface area contributed by atoms with Crippen LogP contribution in [0.15, 0.2) is 18.2 Å². The Hall–Kier alpha value is -0.715. The van der Waals surface area contributed by atoms with Gasteiger partial charge in [0.15, 0.2) is 0 Å². The zero-order chi connectivity index (χ0) is 10.7. The number of benzene rings is 1. The molecular formula is C14H21B. The van der Waals surface area contributed by atoms with E-state index in [-0.39, 0.29) is 0 Å². The van der Waals surface area contributed by atoms with Crippen molar-refractivity contribution in [3.63, 3.8) is 0 Å². The first-order valence-corrected chi connectivity index (χ1v) is 6.41. The van der Waals surface area contributed by atoms with Gasteiger partial charge in [-0.1, -0.05) is 49.8 Å². The van der Waals surface area contributed by atoms with Crippen LogP contribution in [0.5, 0.6) is 0 Å². The molecule has 1 fully saturated rings. The van der Waals surface area contributed by atoms with Crippen LogP contribution in [0.3, 0.4) is 0 Å². The summed E-state index contributed by atoms with van der Waals surface area (Å²) in [4.78, 5) is 0. The molecule has 0 bridgehead atoms. The van der Waals surface area contributed by atoms with Gasteiger partial charge in [-0.25, -0.2) is 0 Å². The molecule has 0 spiro atoms. The predicted octanol–water partition coefficient (Wildman–Crippen LogP) is 2.56. The molecule has 1 aromatic carbocycles. The highest BCUT2D eigenvalue weighted by atomic mass is 14.2. The molecule has 0 saturated heterocycles. The van der Waals surface area contributed by atoms with E-state index in [1.54, 1.807) is 11.1 Å². The fourth-order valence-corrected chi connectivity index (χ4v) is 3.03. The van der Waals surface area contributed by atoms with Crippen molar-refractivity contribution in [2.75, 3.05) is 0 Å². The summed E-state index contributed by atoms with van der Waals surface area (Å²) < 4.78 is 0. The molecule has 1 aliphatic rings. The first kappa shape index (κ1) is 10.8. The standard InChI is InChI=1S/C14H21B/c1-2-11-9-6-10-13(15)14(11)12-7-4-3-5-8-12/h6,9-10,12H,2-5,7-8,15H2,1H3. The van der Waals surface area contributed by atoms with Gasteiger partial charge in [0, 0.05) is 0 Å². The summed E-state index contributed by atoms with van der Waals surface area (Å²) in [6.45, 7) is 2.28. The first-order valence-electron chi connectivity index (χ1n) is 6.41. The summed E-state index contributed by atoms with van der Waals surface area (Å²) in [5.74, 6) is 0.856. The topological polar surface area (TPSA) is 0 Å². The molecule has 0 amide bonds. The minimum atomic E-state index is 0.856. The smallest absolute Gasteiger partial charge is 0.0853 e. The molecule has 0 N–H and O–H groups in total. The lowest BCUT2D eigenvalue weighted by Gasteiger charge is -2.26. The number of hydrogen-bond donors (Lipinski definition) is 0. The van der Waals surface area contributed by atoms with Crippen molar-refractivity contribution in [3.05, 3.63) is 29.3 Å². The van der Waals surface area contributed by atoms with Gasteiger partial charge in [-0.05, 0) is 36.3 Å². The van der Waals surface area contributed by atoms with Crippen LogP contribution >= 0.6 is 0 Å². The number of rotatable bonds is 2. The third-order valence-electron chi connectivity index (χ3n) is 3.81. The summed E-state index contributed by atoms with van der Waals surface area (Å²) in [6.07, 6.45) is 8.33. The highest BCUT2D eigenvalue weighted by Gasteiger charge is 2.18. The lowest BCUT2D eigenvalue weighted by molar-refractivity contribution is 0.443. The maximum atomic E-state index is 2.32. The van der Waals surface area contributed by atoms with Crippen LogP contribution in [-0.4, -0.2) is 7.85 Å². The Morgan fingerprint density at radius 3 is 2.60 bits per heavy atom. The highest BCUT2D eigenvalue weighted by Crippen LogP contribution is 2.33. The molecule has 0 nitrogen and oxygen atoms in total. The van der Waals surface area contributed by atoms with Crippen molar-refractivity contribution < 1.29 is 0 Å². The van der Waals surface area contributed by atoms with Gasteiger partial charge in [0.2, 0.25) is 0 Å². The third-order valence-corrected chi connectivity index (χ3v) is 3.81. The molecule has 0 heterocycles. The van der Waals surface area contributed by atoms with Crippen molar-refractivity contribution in [2.24, 2.45) is 0 Å². The van der Waals surface area contributed by atoms with Crippen LogP contribution in [0, 0.1) is 0 Å². The number of hydrogen-bond acceptors (Lipinski definition) is 0. The fourth-order valence-electron chi connectivity index (χ4n) is 3.03. The van der Waals surface area contributed by atoms with E-state index in [2.05, 4.69) is 33.0 Å². The third kappa shape index (κ3) is 2.27. The van der Waals surface area contributed by atoms with Crippen LogP contribution in [0.25, 0.3) is 0 Å². The lowest BCUT2D eigenvalue weighted by atomic mass is 9.75. The fraction of sp³-hybridized carbons (Fsp3) is 0.571. The van der Waals surface area contributed by atoms with Crippen LogP contribution < -0.4 is 5.46 Å². The summed E-state index contributed by atoms with van der Waals surface area (Å²) in [6, 6.07) is 6.81. The molecule has 0 aliphatic heterocycles. The summed E-state index contributed by atoms with van der Waals surface area (Å²) in [5.41, 5.74) is 4.78. The van der Waals surface area contributed by atoms with Crippen LogP contribution in [0.1, 0.15) is 56.1 Å². The van der Waals surface area contributed by atoms with E-state index >= 15 is 0 Å². The van der Waals surface area contributed by atoms with E-state index in [1.807, 2.05) is 0 Å². The van der Waals surface area contributed by atoms with E-state index in [0.717, 1.165) is 5.92 Å². The van der Waals surface area contributed by atoms with Crippen LogP contribution in [0.2, 0.25) is 0 Å². The molecule has 15 heavy (non-hydrogen) atoms. The maximum absolute atomic E-state index is 2.32. The van der Waals surface area contributed by atoms with Crippen LogP contribution in [0.4, 0.5) is 0 Å². The van der Waals surface area contributed by atoms with Crippen LogP contribution in [-0.2, 0) is 6.42 Å².